The molecule has 0 saturated carbocycles. The van der Waals surface area contributed by atoms with E-state index >= 15 is 0 Å². The zero-order valence-corrected chi connectivity index (χ0v) is 9.44. The van der Waals surface area contributed by atoms with Crippen LogP contribution in [0.3, 0.4) is 0 Å². The number of amides is 1. The van der Waals surface area contributed by atoms with Crippen LogP contribution < -0.4 is 4.90 Å². The molecule has 0 radical (unpaired) electrons. The van der Waals surface area contributed by atoms with Crippen LogP contribution in [-0.4, -0.2) is 28.1 Å². The normalized spacial score (nSPS) is 10.3. The molecule has 2 rings (SSSR count). The lowest BCUT2D eigenvalue weighted by molar-refractivity contribution is 0.0982. The van der Waals surface area contributed by atoms with Crippen molar-refractivity contribution in [1.29, 1.82) is 0 Å². The third kappa shape index (κ3) is 2.15. The van der Waals surface area contributed by atoms with Crippen molar-refractivity contribution in [3.05, 3.63) is 41.7 Å². The van der Waals surface area contributed by atoms with Gasteiger partial charge in [-0.3, -0.25) is 9.89 Å². The average Bonchev–Trinajstić information content (AvgIpc) is 2.75. The maximum absolute atomic E-state index is 13.5. The molecule has 0 atom stereocenters. The minimum atomic E-state index is -0.462. The number of hydrogen-bond donors (Lipinski definition) is 1. The van der Waals surface area contributed by atoms with E-state index in [0.717, 1.165) is 0 Å². The number of aromatic amines is 1. The molecule has 88 valence electrons. The van der Waals surface area contributed by atoms with Gasteiger partial charge in [-0.2, -0.15) is 0 Å². The molecule has 0 unspecified atom stereocenters. The van der Waals surface area contributed by atoms with Gasteiger partial charge < -0.3 is 4.90 Å². The first-order valence-corrected chi connectivity index (χ1v) is 5.01. The van der Waals surface area contributed by atoms with Gasteiger partial charge in [-0.15, -0.1) is 5.10 Å². The number of halogens is 1. The van der Waals surface area contributed by atoms with Crippen LogP contribution in [0.15, 0.2) is 24.3 Å². The van der Waals surface area contributed by atoms with Crippen molar-refractivity contribution in [3.63, 3.8) is 0 Å². The van der Waals surface area contributed by atoms with E-state index in [4.69, 9.17) is 0 Å². The van der Waals surface area contributed by atoms with Gasteiger partial charge in [-0.25, -0.2) is 9.37 Å². The number of para-hydroxylation sites is 1. The molecule has 0 aliphatic carbocycles. The fourth-order valence-corrected chi connectivity index (χ4v) is 1.42. The maximum Gasteiger partial charge on any atom is 0.297 e. The molecule has 0 saturated heterocycles. The van der Waals surface area contributed by atoms with Gasteiger partial charge >= 0.3 is 0 Å². The summed E-state index contributed by atoms with van der Waals surface area (Å²) in [5.74, 6) is -0.362. The van der Waals surface area contributed by atoms with Crippen molar-refractivity contribution < 1.29 is 9.18 Å². The van der Waals surface area contributed by atoms with Crippen molar-refractivity contribution >= 4 is 11.6 Å². The number of hydrogen-bond acceptors (Lipinski definition) is 3. The number of aryl methyl sites for hydroxylation is 1. The van der Waals surface area contributed by atoms with Gasteiger partial charge in [0.2, 0.25) is 5.82 Å². The summed E-state index contributed by atoms with van der Waals surface area (Å²) < 4.78 is 13.5. The summed E-state index contributed by atoms with van der Waals surface area (Å²) in [6, 6.07) is 6.04. The summed E-state index contributed by atoms with van der Waals surface area (Å²) in [6.45, 7) is 1.69. The van der Waals surface area contributed by atoms with Crippen LogP contribution in [-0.2, 0) is 0 Å². The quantitative estimate of drug-likeness (QED) is 0.857. The van der Waals surface area contributed by atoms with E-state index < -0.39 is 11.7 Å². The topological polar surface area (TPSA) is 61.9 Å². The molecular weight excluding hydrogens is 223 g/mol. The Kier molecular flexibility index (Phi) is 2.86. The van der Waals surface area contributed by atoms with Gasteiger partial charge in [-0.05, 0) is 19.1 Å². The minimum Gasteiger partial charge on any atom is -0.306 e. The number of carbonyl (C=O) groups is 1. The SMILES string of the molecule is Cc1nc(C(=O)N(C)c2ccccc2F)n[nH]1. The van der Waals surface area contributed by atoms with E-state index in [1.807, 2.05) is 0 Å². The van der Waals surface area contributed by atoms with Crippen molar-refractivity contribution in [1.82, 2.24) is 15.2 Å². The fraction of sp³-hybridized carbons (Fsp3) is 0.182. The Hall–Kier alpha value is -2.24. The van der Waals surface area contributed by atoms with Gasteiger partial charge in [-0.1, -0.05) is 12.1 Å². The number of nitrogens with zero attached hydrogens (tertiary/aromatic N) is 3. The Bertz CT molecular complexity index is 552. The van der Waals surface area contributed by atoms with E-state index in [0.29, 0.717) is 5.82 Å². The van der Waals surface area contributed by atoms with Crippen LogP contribution >= 0.6 is 0 Å². The Morgan fingerprint density at radius 1 is 1.41 bits per heavy atom. The Morgan fingerprint density at radius 2 is 2.12 bits per heavy atom. The molecule has 6 heteroatoms. The van der Waals surface area contributed by atoms with Gasteiger partial charge in [0.25, 0.3) is 5.91 Å². The summed E-state index contributed by atoms with van der Waals surface area (Å²) in [4.78, 5) is 17.0. The largest absolute Gasteiger partial charge is 0.306 e. The number of aromatic nitrogens is 3. The summed E-state index contributed by atoms with van der Waals surface area (Å²) in [6.07, 6.45) is 0. The highest BCUT2D eigenvalue weighted by Gasteiger charge is 2.19. The third-order valence-corrected chi connectivity index (χ3v) is 2.31. The lowest BCUT2D eigenvalue weighted by Crippen LogP contribution is -2.28. The van der Waals surface area contributed by atoms with Crippen LogP contribution in [0.25, 0.3) is 0 Å². The monoisotopic (exact) mass is 234 g/mol. The second-order valence-electron chi connectivity index (χ2n) is 3.56. The molecule has 1 heterocycles. The fourth-order valence-electron chi connectivity index (χ4n) is 1.42. The molecule has 5 nitrogen and oxygen atoms in total. The number of rotatable bonds is 2. The highest BCUT2D eigenvalue weighted by molar-refractivity contribution is 6.03. The second-order valence-corrected chi connectivity index (χ2v) is 3.56. The van der Waals surface area contributed by atoms with E-state index in [1.165, 1.54) is 24.1 Å². The summed E-state index contributed by atoms with van der Waals surface area (Å²) in [7, 11) is 1.48. The first-order chi connectivity index (χ1) is 8.09. The molecule has 0 spiro atoms. The summed E-state index contributed by atoms with van der Waals surface area (Å²) in [5, 5.41) is 6.31. The van der Waals surface area contributed by atoms with Crippen LogP contribution in [0.5, 0.6) is 0 Å². The van der Waals surface area contributed by atoms with Crippen LogP contribution in [0.1, 0.15) is 16.4 Å². The van der Waals surface area contributed by atoms with Crippen molar-refractivity contribution in [3.8, 4) is 0 Å². The van der Waals surface area contributed by atoms with E-state index in [-0.39, 0.29) is 11.5 Å². The predicted molar refractivity (Wildman–Crippen MR) is 60.3 cm³/mol. The maximum atomic E-state index is 13.5. The zero-order chi connectivity index (χ0) is 12.4. The van der Waals surface area contributed by atoms with E-state index in [9.17, 15) is 9.18 Å². The minimum absolute atomic E-state index is 0.0215. The summed E-state index contributed by atoms with van der Waals surface area (Å²) >= 11 is 0. The van der Waals surface area contributed by atoms with Crippen LogP contribution in [0.2, 0.25) is 0 Å². The van der Waals surface area contributed by atoms with Crippen molar-refractivity contribution in [2.75, 3.05) is 11.9 Å². The molecule has 0 fully saturated rings. The predicted octanol–water partition coefficient (Wildman–Crippen LogP) is 1.53. The number of anilines is 1. The summed E-state index contributed by atoms with van der Waals surface area (Å²) in [5.41, 5.74) is 0.194. The standard InChI is InChI=1S/C11H11FN4O/c1-7-13-10(15-14-7)11(17)16(2)9-6-4-3-5-8(9)12/h3-6H,1-2H3,(H,13,14,15). The molecular formula is C11H11FN4O. The molecule has 1 aromatic heterocycles. The Morgan fingerprint density at radius 3 is 2.71 bits per heavy atom. The molecule has 17 heavy (non-hydrogen) atoms. The first-order valence-electron chi connectivity index (χ1n) is 5.01. The first kappa shape index (κ1) is 11.3. The molecule has 1 aromatic carbocycles. The number of nitrogens with one attached hydrogen (secondary N) is 1. The highest BCUT2D eigenvalue weighted by Crippen LogP contribution is 2.18. The second kappa shape index (κ2) is 4.32. The van der Waals surface area contributed by atoms with Crippen molar-refractivity contribution in [2.24, 2.45) is 0 Å². The van der Waals surface area contributed by atoms with Crippen molar-refractivity contribution in [2.45, 2.75) is 6.92 Å². The highest BCUT2D eigenvalue weighted by atomic mass is 19.1. The van der Waals surface area contributed by atoms with Gasteiger partial charge in [0.15, 0.2) is 0 Å². The number of carbonyl (C=O) groups excluding carboxylic acids is 1. The molecule has 1 amide bonds. The number of benzene rings is 1. The molecule has 1 N–H and O–H groups in total. The van der Waals surface area contributed by atoms with Gasteiger partial charge in [0.1, 0.15) is 11.6 Å². The van der Waals surface area contributed by atoms with E-state index in [2.05, 4.69) is 15.2 Å². The molecule has 0 bridgehead atoms. The third-order valence-electron chi connectivity index (χ3n) is 2.31. The smallest absolute Gasteiger partial charge is 0.297 e. The molecule has 0 aliphatic rings. The van der Waals surface area contributed by atoms with Gasteiger partial charge in [0, 0.05) is 7.05 Å². The molecule has 2 aromatic rings. The lowest BCUT2D eigenvalue weighted by atomic mass is 10.3. The number of H-pyrrole nitrogens is 1. The Balaban J connectivity index is 2.29. The van der Waals surface area contributed by atoms with E-state index in [1.54, 1.807) is 19.1 Å². The lowest BCUT2D eigenvalue weighted by Gasteiger charge is -2.15. The zero-order valence-electron chi connectivity index (χ0n) is 9.44. The van der Waals surface area contributed by atoms with Crippen LogP contribution in [0, 0.1) is 12.7 Å². The average molecular weight is 234 g/mol. The molecule has 0 aliphatic heterocycles. The van der Waals surface area contributed by atoms with Crippen LogP contribution in [0.4, 0.5) is 10.1 Å². The van der Waals surface area contributed by atoms with Gasteiger partial charge in [0.05, 0.1) is 5.69 Å². The Labute approximate surface area is 97.3 Å².